The molecule has 0 aromatic heterocycles. The van der Waals surface area contributed by atoms with Gasteiger partial charge in [-0.15, -0.1) is 0 Å². The molecule has 1 unspecified atom stereocenters. The summed E-state index contributed by atoms with van der Waals surface area (Å²) in [6, 6.07) is 2.51. The molecule has 7 heteroatoms. The summed E-state index contributed by atoms with van der Waals surface area (Å²) in [4.78, 5) is 11.7. The van der Waals surface area contributed by atoms with Gasteiger partial charge in [-0.2, -0.15) is 13.2 Å². The van der Waals surface area contributed by atoms with Crippen LogP contribution in [0.15, 0.2) is 18.2 Å². The van der Waals surface area contributed by atoms with Crippen LogP contribution in [0.4, 0.5) is 18.9 Å². The van der Waals surface area contributed by atoms with Crippen LogP contribution < -0.4 is 10.6 Å². The van der Waals surface area contributed by atoms with Gasteiger partial charge in [0.1, 0.15) is 6.04 Å². The van der Waals surface area contributed by atoms with Gasteiger partial charge in [-0.25, -0.2) is 0 Å². The van der Waals surface area contributed by atoms with Crippen LogP contribution in [0.25, 0.3) is 0 Å². The lowest BCUT2D eigenvalue weighted by molar-refractivity contribution is -0.137. The van der Waals surface area contributed by atoms with Crippen molar-refractivity contribution < 1.29 is 18.0 Å². The van der Waals surface area contributed by atoms with Crippen LogP contribution in [0.5, 0.6) is 0 Å². The lowest BCUT2D eigenvalue weighted by Gasteiger charge is -2.20. The number of alkyl halides is 3. The van der Waals surface area contributed by atoms with Crippen molar-refractivity contribution in [2.75, 3.05) is 5.32 Å². The van der Waals surface area contributed by atoms with Gasteiger partial charge in [-0.3, -0.25) is 4.79 Å². The van der Waals surface area contributed by atoms with Gasteiger partial charge in [0.05, 0.1) is 5.56 Å². The first kappa shape index (κ1) is 16.6. The summed E-state index contributed by atoms with van der Waals surface area (Å²) in [5, 5.41) is 5.17. The molecule has 0 heterocycles. The fourth-order valence-corrected chi connectivity index (χ4v) is 1.76. The topological polar surface area (TPSA) is 41.1 Å². The van der Waals surface area contributed by atoms with E-state index < -0.39 is 17.8 Å². The molecule has 1 aromatic carbocycles. The van der Waals surface area contributed by atoms with Crippen molar-refractivity contribution in [1.82, 2.24) is 5.32 Å². The number of carbonyl (C=O) groups is 1. The van der Waals surface area contributed by atoms with E-state index in [0.717, 1.165) is 6.07 Å². The van der Waals surface area contributed by atoms with Crippen LogP contribution in [0.2, 0.25) is 5.02 Å². The average Bonchev–Trinajstić information content (AvgIpc) is 2.29. The van der Waals surface area contributed by atoms with Gasteiger partial charge in [-0.05, 0) is 39.0 Å². The quantitative estimate of drug-likeness (QED) is 0.891. The molecule has 0 saturated carbocycles. The molecule has 0 fully saturated rings. The van der Waals surface area contributed by atoms with E-state index in [9.17, 15) is 18.0 Å². The van der Waals surface area contributed by atoms with Gasteiger partial charge >= 0.3 is 6.18 Å². The normalized spacial score (nSPS) is 13.2. The first-order chi connectivity index (χ1) is 9.11. The van der Waals surface area contributed by atoms with Crippen molar-refractivity contribution in [3.8, 4) is 0 Å². The predicted molar refractivity (Wildman–Crippen MR) is 72.8 cm³/mol. The maximum absolute atomic E-state index is 12.9. The van der Waals surface area contributed by atoms with Crippen LogP contribution in [0.1, 0.15) is 26.3 Å². The Hall–Kier alpha value is -1.43. The molecule has 0 saturated heterocycles. The van der Waals surface area contributed by atoms with Gasteiger partial charge in [0, 0.05) is 16.8 Å². The van der Waals surface area contributed by atoms with Gasteiger partial charge in [-0.1, -0.05) is 11.6 Å². The summed E-state index contributed by atoms with van der Waals surface area (Å²) in [5.74, 6) is -0.372. The van der Waals surface area contributed by atoms with Crippen LogP contribution in [0.3, 0.4) is 0 Å². The lowest BCUT2D eigenvalue weighted by atomic mass is 10.1. The third kappa shape index (κ3) is 4.59. The van der Waals surface area contributed by atoms with Crippen LogP contribution >= 0.6 is 11.6 Å². The van der Waals surface area contributed by atoms with E-state index in [1.807, 2.05) is 0 Å². The molecule has 2 N–H and O–H groups in total. The zero-order chi connectivity index (χ0) is 15.5. The van der Waals surface area contributed by atoms with Crippen molar-refractivity contribution in [1.29, 1.82) is 0 Å². The van der Waals surface area contributed by atoms with E-state index in [2.05, 4.69) is 10.6 Å². The van der Waals surface area contributed by atoms with Gasteiger partial charge in [0.2, 0.25) is 5.91 Å². The minimum Gasteiger partial charge on any atom is -0.373 e. The van der Waals surface area contributed by atoms with E-state index in [4.69, 9.17) is 11.6 Å². The molecule has 112 valence electrons. The maximum Gasteiger partial charge on any atom is 0.418 e. The highest BCUT2D eigenvalue weighted by molar-refractivity contribution is 6.30. The Labute approximate surface area is 120 Å². The second kappa shape index (κ2) is 6.35. The first-order valence-corrected chi connectivity index (χ1v) is 6.42. The van der Waals surface area contributed by atoms with E-state index in [-0.39, 0.29) is 22.7 Å². The average molecular weight is 309 g/mol. The monoisotopic (exact) mass is 308 g/mol. The van der Waals surface area contributed by atoms with Crippen molar-refractivity contribution in [3.05, 3.63) is 28.8 Å². The molecule has 0 aliphatic heterocycles. The Kier molecular flexibility index (Phi) is 5.28. The highest BCUT2D eigenvalue weighted by atomic mass is 35.5. The summed E-state index contributed by atoms with van der Waals surface area (Å²) in [5.41, 5.74) is -1.07. The van der Waals surface area contributed by atoms with E-state index in [1.165, 1.54) is 19.1 Å². The molecule has 1 aromatic rings. The van der Waals surface area contributed by atoms with Crippen LogP contribution in [-0.4, -0.2) is 18.0 Å². The molecule has 3 nitrogen and oxygen atoms in total. The molecule has 1 rings (SSSR count). The van der Waals surface area contributed by atoms with Crippen molar-refractivity contribution in [2.24, 2.45) is 0 Å². The molecule has 20 heavy (non-hydrogen) atoms. The molecule has 0 spiro atoms. The summed E-state index contributed by atoms with van der Waals surface area (Å²) in [6.45, 7) is 5.04. The third-order valence-corrected chi connectivity index (χ3v) is 2.72. The Balaban J connectivity index is 2.95. The van der Waals surface area contributed by atoms with Gasteiger partial charge < -0.3 is 10.6 Å². The molecule has 1 amide bonds. The molecule has 0 aliphatic rings. The molecule has 1 atom stereocenters. The number of anilines is 1. The second-order valence-corrected chi connectivity index (χ2v) is 5.15. The Morgan fingerprint density at radius 1 is 1.25 bits per heavy atom. The second-order valence-electron chi connectivity index (χ2n) is 4.72. The van der Waals surface area contributed by atoms with Crippen LogP contribution in [-0.2, 0) is 11.0 Å². The van der Waals surface area contributed by atoms with Crippen molar-refractivity contribution >= 4 is 23.2 Å². The highest BCUT2D eigenvalue weighted by Crippen LogP contribution is 2.36. The molecule has 0 radical (unpaired) electrons. The first-order valence-electron chi connectivity index (χ1n) is 6.05. The number of rotatable bonds is 4. The zero-order valence-corrected chi connectivity index (χ0v) is 12.1. The summed E-state index contributed by atoms with van der Waals surface area (Å²) in [6.07, 6.45) is -4.54. The molecular weight excluding hydrogens is 293 g/mol. The minimum absolute atomic E-state index is 0.0119. The molecular formula is C13H16ClF3N2O. The Morgan fingerprint density at radius 2 is 1.85 bits per heavy atom. The fraction of sp³-hybridized carbons (Fsp3) is 0.462. The number of benzene rings is 1. The third-order valence-electron chi connectivity index (χ3n) is 2.48. The number of carbonyl (C=O) groups excluding carboxylic acids is 1. The van der Waals surface area contributed by atoms with E-state index in [0.29, 0.717) is 0 Å². The van der Waals surface area contributed by atoms with E-state index >= 15 is 0 Å². The van der Waals surface area contributed by atoms with Gasteiger partial charge in [0.15, 0.2) is 0 Å². The standard InChI is InChI=1S/C13H16ClF3N2O/c1-7(2)18-12(20)8(3)19-11-5-4-9(14)6-10(11)13(15,16)17/h4-8,19H,1-3H3,(H,18,20). The summed E-state index contributed by atoms with van der Waals surface area (Å²) >= 11 is 5.58. The van der Waals surface area contributed by atoms with Crippen molar-refractivity contribution in [3.63, 3.8) is 0 Å². The van der Waals surface area contributed by atoms with Crippen LogP contribution in [0, 0.1) is 0 Å². The predicted octanol–water partition coefficient (Wildman–Crippen LogP) is 3.68. The highest BCUT2D eigenvalue weighted by Gasteiger charge is 2.34. The maximum atomic E-state index is 12.9. The number of amides is 1. The zero-order valence-electron chi connectivity index (χ0n) is 11.3. The smallest absolute Gasteiger partial charge is 0.373 e. The van der Waals surface area contributed by atoms with Gasteiger partial charge in [0.25, 0.3) is 0 Å². The molecule has 0 bridgehead atoms. The van der Waals surface area contributed by atoms with Crippen molar-refractivity contribution in [2.45, 2.75) is 39.0 Å². The summed E-state index contributed by atoms with van der Waals surface area (Å²) in [7, 11) is 0. The summed E-state index contributed by atoms with van der Waals surface area (Å²) < 4.78 is 38.7. The van der Waals surface area contributed by atoms with E-state index in [1.54, 1.807) is 13.8 Å². The minimum atomic E-state index is -4.54. The Bertz CT molecular complexity index is 489. The number of hydrogen-bond acceptors (Lipinski definition) is 2. The number of halogens is 4. The molecule has 0 aliphatic carbocycles. The Morgan fingerprint density at radius 3 is 2.35 bits per heavy atom. The fourth-order valence-electron chi connectivity index (χ4n) is 1.59. The SMILES string of the molecule is CC(C)NC(=O)C(C)Nc1ccc(Cl)cc1C(F)(F)F. The lowest BCUT2D eigenvalue weighted by Crippen LogP contribution is -2.41. The number of nitrogens with one attached hydrogen (secondary N) is 2. The largest absolute Gasteiger partial charge is 0.418 e. The number of hydrogen-bond donors (Lipinski definition) is 2.